The van der Waals surface area contributed by atoms with Gasteiger partial charge in [0.05, 0.1) is 29.1 Å². The summed E-state index contributed by atoms with van der Waals surface area (Å²) in [4.78, 5) is 30.5. The van der Waals surface area contributed by atoms with E-state index < -0.39 is 16.5 Å². The lowest BCUT2D eigenvalue weighted by molar-refractivity contribution is -0.385. The third-order valence-corrected chi connectivity index (χ3v) is 2.98. The fraction of sp³-hybridized carbons (Fsp3) is 0.154. The fourth-order valence-corrected chi connectivity index (χ4v) is 1.90. The van der Waals surface area contributed by atoms with E-state index in [2.05, 4.69) is 15.3 Å². The number of nitro benzene ring substituents is 1. The van der Waals surface area contributed by atoms with E-state index in [9.17, 15) is 14.9 Å². The van der Waals surface area contributed by atoms with Crippen LogP contribution in [-0.4, -0.2) is 20.8 Å². The molecular formula is C13H11ClN4O3. The molecule has 2 rings (SSSR count). The number of nitrogens with one attached hydrogen (secondary N) is 1. The SMILES string of the molecule is Cc1cnc(CNC(=O)c2cccc(Cl)c2[N+](=O)[O-])cn1. The lowest BCUT2D eigenvalue weighted by Gasteiger charge is -2.06. The van der Waals surface area contributed by atoms with Crippen LogP contribution in [0.1, 0.15) is 21.7 Å². The van der Waals surface area contributed by atoms with Crippen molar-refractivity contribution in [3.05, 3.63) is 62.7 Å². The first-order valence-corrected chi connectivity index (χ1v) is 6.35. The normalized spacial score (nSPS) is 10.2. The van der Waals surface area contributed by atoms with Crippen molar-refractivity contribution in [2.45, 2.75) is 13.5 Å². The zero-order chi connectivity index (χ0) is 15.4. The van der Waals surface area contributed by atoms with Gasteiger partial charge < -0.3 is 5.32 Å². The number of hydrogen-bond acceptors (Lipinski definition) is 5. The molecule has 0 unspecified atom stereocenters. The maximum atomic E-state index is 12.0. The van der Waals surface area contributed by atoms with Gasteiger partial charge in [0.25, 0.3) is 5.91 Å². The molecule has 0 aliphatic rings. The Morgan fingerprint density at radius 3 is 2.76 bits per heavy atom. The van der Waals surface area contributed by atoms with Gasteiger partial charge in [0, 0.05) is 6.20 Å². The summed E-state index contributed by atoms with van der Waals surface area (Å²) in [6, 6.07) is 4.19. The molecule has 0 fully saturated rings. The molecule has 0 atom stereocenters. The van der Waals surface area contributed by atoms with E-state index in [1.807, 2.05) is 0 Å². The van der Waals surface area contributed by atoms with Gasteiger partial charge in [-0.15, -0.1) is 0 Å². The van der Waals surface area contributed by atoms with Gasteiger partial charge in [-0.3, -0.25) is 24.9 Å². The molecule has 2 aromatic rings. The van der Waals surface area contributed by atoms with E-state index in [-0.39, 0.29) is 17.1 Å². The number of carbonyl (C=O) groups excluding carboxylic acids is 1. The van der Waals surface area contributed by atoms with Gasteiger partial charge in [-0.25, -0.2) is 0 Å². The number of aryl methyl sites for hydroxylation is 1. The van der Waals surface area contributed by atoms with Crippen LogP contribution in [0.2, 0.25) is 5.02 Å². The Morgan fingerprint density at radius 2 is 2.14 bits per heavy atom. The fourth-order valence-electron chi connectivity index (χ4n) is 1.66. The summed E-state index contributed by atoms with van der Waals surface area (Å²) < 4.78 is 0. The summed E-state index contributed by atoms with van der Waals surface area (Å²) in [5.41, 5.74) is 0.813. The molecule has 0 saturated carbocycles. The molecule has 1 N–H and O–H groups in total. The first-order valence-electron chi connectivity index (χ1n) is 5.97. The van der Waals surface area contributed by atoms with E-state index in [4.69, 9.17) is 11.6 Å². The number of halogens is 1. The van der Waals surface area contributed by atoms with Crippen molar-refractivity contribution >= 4 is 23.2 Å². The van der Waals surface area contributed by atoms with Gasteiger partial charge in [0.1, 0.15) is 10.6 Å². The van der Waals surface area contributed by atoms with E-state index in [1.54, 1.807) is 13.1 Å². The van der Waals surface area contributed by atoms with Crippen LogP contribution in [-0.2, 0) is 6.54 Å². The molecule has 0 bridgehead atoms. The molecule has 1 amide bonds. The zero-order valence-electron chi connectivity index (χ0n) is 11.0. The molecule has 1 aromatic carbocycles. The van der Waals surface area contributed by atoms with E-state index in [0.717, 1.165) is 5.69 Å². The molecule has 0 aliphatic heterocycles. The number of carbonyl (C=O) groups is 1. The summed E-state index contributed by atoms with van der Waals surface area (Å²) in [5.74, 6) is -0.591. The second kappa shape index (κ2) is 6.27. The molecule has 8 heteroatoms. The van der Waals surface area contributed by atoms with Crippen LogP contribution in [0, 0.1) is 17.0 Å². The number of aromatic nitrogens is 2. The summed E-state index contributed by atoms with van der Waals surface area (Å²) >= 11 is 5.76. The van der Waals surface area contributed by atoms with Gasteiger partial charge in [0.2, 0.25) is 0 Å². The predicted molar refractivity (Wildman–Crippen MR) is 76.0 cm³/mol. The summed E-state index contributed by atoms with van der Waals surface area (Å²) in [7, 11) is 0. The smallest absolute Gasteiger partial charge is 0.300 e. The van der Waals surface area contributed by atoms with Gasteiger partial charge in [0.15, 0.2) is 0 Å². The van der Waals surface area contributed by atoms with Crippen molar-refractivity contribution < 1.29 is 9.72 Å². The highest BCUT2D eigenvalue weighted by Gasteiger charge is 2.23. The van der Waals surface area contributed by atoms with Crippen molar-refractivity contribution in [1.82, 2.24) is 15.3 Å². The predicted octanol–water partition coefficient (Wildman–Crippen LogP) is 2.28. The number of hydrogen-bond donors (Lipinski definition) is 1. The van der Waals surface area contributed by atoms with Crippen molar-refractivity contribution in [2.75, 3.05) is 0 Å². The second-order valence-corrected chi connectivity index (χ2v) is 4.63. The minimum Gasteiger partial charge on any atom is -0.346 e. The number of benzene rings is 1. The highest BCUT2D eigenvalue weighted by atomic mass is 35.5. The third-order valence-electron chi connectivity index (χ3n) is 2.68. The van der Waals surface area contributed by atoms with E-state index in [0.29, 0.717) is 5.69 Å². The summed E-state index contributed by atoms with van der Waals surface area (Å²) in [6.07, 6.45) is 3.10. The van der Waals surface area contributed by atoms with E-state index in [1.165, 1.54) is 24.4 Å². The Hall–Kier alpha value is -2.54. The molecular weight excluding hydrogens is 296 g/mol. The lowest BCUT2D eigenvalue weighted by Crippen LogP contribution is -2.24. The number of nitro groups is 1. The van der Waals surface area contributed by atoms with Crippen LogP contribution in [0.4, 0.5) is 5.69 Å². The van der Waals surface area contributed by atoms with Crippen molar-refractivity contribution in [1.29, 1.82) is 0 Å². The second-order valence-electron chi connectivity index (χ2n) is 4.22. The monoisotopic (exact) mass is 306 g/mol. The van der Waals surface area contributed by atoms with Gasteiger partial charge in [-0.1, -0.05) is 17.7 Å². The van der Waals surface area contributed by atoms with Crippen molar-refractivity contribution in [3.8, 4) is 0 Å². The topological polar surface area (TPSA) is 98.0 Å². The summed E-state index contributed by atoms with van der Waals surface area (Å²) in [5, 5.41) is 13.4. The number of nitrogens with zero attached hydrogens (tertiary/aromatic N) is 3. The Morgan fingerprint density at radius 1 is 1.38 bits per heavy atom. The quantitative estimate of drug-likeness (QED) is 0.690. The van der Waals surface area contributed by atoms with Gasteiger partial charge in [-0.2, -0.15) is 0 Å². The Kier molecular flexibility index (Phi) is 4.44. The minimum absolute atomic E-state index is 0.0808. The van der Waals surface area contributed by atoms with Gasteiger partial charge >= 0.3 is 5.69 Å². The molecule has 1 heterocycles. The highest BCUT2D eigenvalue weighted by Crippen LogP contribution is 2.28. The molecule has 0 spiro atoms. The van der Waals surface area contributed by atoms with Crippen molar-refractivity contribution in [3.63, 3.8) is 0 Å². The van der Waals surface area contributed by atoms with Crippen LogP contribution >= 0.6 is 11.6 Å². The van der Waals surface area contributed by atoms with E-state index >= 15 is 0 Å². The lowest BCUT2D eigenvalue weighted by atomic mass is 10.1. The van der Waals surface area contributed by atoms with Gasteiger partial charge in [-0.05, 0) is 19.1 Å². The first-order chi connectivity index (χ1) is 9.99. The molecule has 1 aromatic heterocycles. The maximum Gasteiger partial charge on any atom is 0.300 e. The maximum absolute atomic E-state index is 12.0. The largest absolute Gasteiger partial charge is 0.346 e. The standard InChI is InChI=1S/C13H11ClN4O3/c1-8-5-16-9(6-15-8)7-17-13(19)10-3-2-4-11(14)12(10)18(20)21/h2-6H,7H2,1H3,(H,17,19). The minimum atomic E-state index is -0.678. The molecule has 21 heavy (non-hydrogen) atoms. The zero-order valence-corrected chi connectivity index (χ0v) is 11.8. The number of para-hydroxylation sites is 1. The van der Waals surface area contributed by atoms with Crippen LogP contribution in [0.3, 0.4) is 0 Å². The first kappa shape index (κ1) is 14.9. The Balaban J connectivity index is 2.16. The third kappa shape index (κ3) is 3.51. The Labute approximate surface area is 125 Å². The molecule has 0 saturated heterocycles. The molecule has 0 aliphatic carbocycles. The van der Waals surface area contributed by atoms with Crippen LogP contribution in [0.25, 0.3) is 0 Å². The molecule has 0 radical (unpaired) electrons. The summed E-state index contributed by atoms with van der Waals surface area (Å²) in [6.45, 7) is 1.92. The number of rotatable bonds is 4. The average Bonchev–Trinajstić information content (AvgIpc) is 2.45. The Bertz CT molecular complexity index is 688. The molecule has 7 nitrogen and oxygen atoms in total. The molecule has 108 valence electrons. The van der Waals surface area contributed by atoms with Crippen molar-refractivity contribution in [2.24, 2.45) is 0 Å². The highest BCUT2D eigenvalue weighted by molar-refractivity contribution is 6.33. The van der Waals surface area contributed by atoms with Crippen LogP contribution < -0.4 is 5.32 Å². The average molecular weight is 307 g/mol. The number of amides is 1. The van der Waals surface area contributed by atoms with Crippen LogP contribution in [0.15, 0.2) is 30.6 Å². The van der Waals surface area contributed by atoms with Crippen LogP contribution in [0.5, 0.6) is 0 Å².